The first-order valence-electron chi connectivity index (χ1n) is 6.23. The average Bonchev–Trinajstić information content (AvgIpc) is 2.36. The van der Waals surface area contributed by atoms with Crippen molar-refractivity contribution in [1.82, 2.24) is 9.62 Å². The van der Waals surface area contributed by atoms with Crippen molar-refractivity contribution in [3.63, 3.8) is 0 Å². The zero-order valence-corrected chi connectivity index (χ0v) is 11.9. The Kier molecular flexibility index (Phi) is 6.32. The quantitative estimate of drug-likeness (QED) is 0.727. The van der Waals surface area contributed by atoms with Gasteiger partial charge in [-0.3, -0.25) is 0 Å². The molecule has 0 saturated heterocycles. The van der Waals surface area contributed by atoms with Crippen LogP contribution in [0.5, 0.6) is 0 Å². The highest BCUT2D eigenvalue weighted by Gasteiger charge is 2.05. The molecule has 0 heterocycles. The van der Waals surface area contributed by atoms with Gasteiger partial charge < -0.3 is 4.90 Å². The summed E-state index contributed by atoms with van der Waals surface area (Å²) in [5, 5.41) is 0. The first-order valence-corrected chi connectivity index (χ1v) is 7.88. The third-order valence-corrected chi connectivity index (χ3v) is 4.12. The van der Waals surface area contributed by atoms with E-state index in [1.54, 1.807) is 6.92 Å². The van der Waals surface area contributed by atoms with Crippen LogP contribution < -0.4 is 4.72 Å². The summed E-state index contributed by atoms with van der Waals surface area (Å²) in [5.74, 6) is 0.146. The maximum absolute atomic E-state index is 11.2. The summed E-state index contributed by atoms with van der Waals surface area (Å²) in [6.07, 6.45) is 0.822. The smallest absolute Gasteiger partial charge is 0.211 e. The van der Waals surface area contributed by atoms with Crippen LogP contribution in [0, 0.1) is 0 Å². The van der Waals surface area contributed by atoms with Crippen LogP contribution in [0.25, 0.3) is 0 Å². The van der Waals surface area contributed by atoms with E-state index in [1.807, 2.05) is 25.2 Å². The van der Waals surface area contributed by atoms with Gasteiger partial charge in [0.05, 0.1) is 5.75 Å². The van der Waals surface area contributed by atoms with Crippen molar-refractivity contribution in [3.8, 4) is 0 Å². The van der Waals surface area contributed by atoms with Crippen LogP contribution in [-0.4, -0.2) is 39.2 Å². The second-order valence-electron chi connectivity index (χ2n) is 4.37. The van der Waals surface area contributed by atoms with E-state index in [9.17, 15) is 8.42 Å². The van der Waals surface area contributed by atoms with Crippen LogP contribution in [0.15, 0.2) is 30.3 Å². The minimum Gasteiger partial charge on any atom is -0.302 e. The molecule has 0 fully saturated rings. The Bertz CT molecular complexity index is 432. The summed E-state index contributed by atoms with van der Waals surface area (Å²) in [4.78, 5) is 2.19. The van der Waals surface area contributed by atoms with E-state index in [2.05, 4.69) is 21.8 Å². The van der Waals surface area contributed by atoms with Gasteiger partial charge in [-0.1, -0.05) is 30.3 Å². The van der Waals surface area contributed by atoms with E-state index >= 15 is 0 Å². The highest BCUT2D eigenvalue weighted by atomic mass is 32.2. The summed E-state index contributed by atoms with van der Waals surface area (Å²) in [5.41, 5.74) is 1.27. The van der Waals surface area contributed by atoms with Crippen LogP contribution >= 0.6 is 0 Å². The minimum atomic E-state index is -3.04. The van der Waals surface area contributed by atoms with Crippen molar-refractivity contribution >= 4 is 10.0 Å². The number of hydrogen-bond donors (Lipinski definition) is 1. The molecule has 1 aromatic carbocycles. The molecule has 102 valence electrons. The molecule has 5 heteroatoms. The lowest BCUT2D eigenvalue weighted by Crippen LogP contribution is -2.29. The van der Waals surface area contributed by atoms with Crippen LogP contribution in [0.1, 0.15) is 18.9 Å². The van der Waals surface area contributed by atoms with E-state index in [-0.39, 0.29) is 5.75 Å². The van der Waals surface area contributed by atoms with Crippen molar-refractivity contribution < 1.29 is 8.42 Å². The highest BCUT2D eigenvalue weighted by molar-refractivity contribution is 7.89. The van der Waals surface area contributed by atoms with E-state index in [1.165, 1.54) is 5.56 Å². The monoisotopic (exact) mass is 270 g/mol. The van der Waals surface area contributed by atoms with Crippen LogP contribution in [0.3, 0.4) is 0 Å². The number of nitrogens with one attached hydrogen (secondary N) is 1. The van der Waals surface area contributed by atoms with Crippen molar-refractivity contribution in [2.75, 3.05) is 25.9 Å². The third-order valence-electron chi connectivity index (χ3n) is 2.71. The Balaban J connectivity index is 2.20. The molecule has 0 aliphatic heterocycles. The molecule has 1 aromatic rings. The molecule has 18 heavy (non-hydrogen) atoms. The first kappa shape index (κ1) is 15.1. The molecule has 0 unspecified atom stereocenters. The predicted octanol–water partition coefficient (Wildman–Crippen LogP) is 1.45. The largest absolute Gasteiger partial charge is 0.302 e. The number of benzene rings is 1. The number of rotatable bonds is 8. The minimum absolute atomic E-state index is 0.146. The summed E-state index contributed by atoms with van der Waals surface area (Å²) >= 11 is 0. The topological polar surface area (TPSA) is 49.4 Å². The number of nitrogens with zero attached hydrogens (tertiary/aromatic N) is 1. The molecule has 0 aliphatic rings. The average molecular weight is 270 g/mol. The molecule has 0 spiro atoms. The highest BCUT2D eigenvalue weighted by Crippen LogP contribution is 2.02. The van der Waals surface area contributed by atoms with Crippen LogP contribution in [0.2, 0.25) is 0 Å². The lowest BCUT2D eigenvalue weighted by atomic mass is 10.2. The van der Waals surface area contributed by atoms with Crippen molar-refractivity contribution in [2.45, 2.75) is 19.9 Å². The molecule has 1 rings (SSSR count). The molecule has 0 bridgehead atoms. The second-order valence-corrected chi connectivity index (χ2v) is 6.47. The van der Waals surface area contributed by atoms with Gasteiger partial charge in [-0.25, -0.2) is 13.1 Å². The molecule has 0 saturated carbocycles. The van der Waals surface area contributed by atoms with Gasteiger partial charge in [-0.05, 0) is 32.5 Å². The molecular formula is C13H22N2O2S. The fraction of sp³-hybridized carbons (Fsp3) is 0.538. The molecule has 4 nitrogen and oxygen atoms in total. The fourth-order valence-corrected chi connectivity index (χ4v) is 2.31. The van der Waals surface area contributed by atoms with E-state index in [4.69, 9.17) is 0 Å². The summed E-state index contributed by atoms with van der Waals surface area (Å²) in [6, 6.07) is 10.2. The van der Waals surface area contributed by atoms with Gasteiger partial charge in [0.15, 0.2) is 0 Å². The summed E-state index contributed by atoms with van der Waals surface area (Å²) in [6.45, 7) is 3.92. The van der Waals surface area contributed by atoms with Crippen molar-refractivity contribution in [1.29, 1.82) is 0 Å². The lowest BCUT2D eigenvalue weighted by molar-refractivity contribution is 0.322. The standard InChI is InChI=1S/C13H22N2O2S/c1-3-18(16,17)14-10-7-11-15(2)12-13-8-5-4-6-9-13/h4-6,8-9,14H,3,7,10-12H2,1-2H3. The Morgan fingerprint density at radius 1 is 1.22 bits per heavy atom. The molecule has 0 aliphatic carbocycles. The molecular weight excluding hydrogens is 248 g/mol. The van der Waals surface area contributed by atoms with Gasteiger partial charge in [0.25, 0.3) is 0 Å². The third kappa shape index (κ3) is 6.14. The normalized spacial score (nSPS) is 11.9. The zero-order chi connectivity index (χ0) is 13.4. The molecule has 0 aromatic heterocycles. The molecule has 0 amide bonds. The summed E-state index contributed by atoms with van der Waals surface area (Å²) < 4.78 is 25.0. The van der Waals surface area contributed by atoms with Gasteiger partial charge in [-0.15, -0.1) is 0 Å². The van der Waals surface area contributed by atoms with Gasteiger partial charge in [0.2, 0.25) is 10.0 Å². The molecule has 1 N–H and O–H groups in total. The lowest BCUT2D eigenvalue weighted by Gasteiger charge is -2.16. The maximum Gasteiger partial charge on any atom is 0.211 e. The Morgan fingerprint density at radius 2 is 1.89 bits per heavy atom. The SMILES string of the molecule is CCS(=O)(=O)NCCCN(C)Cc1ccccc1. The Hall–Kier alpha value is -0.910. The van der Waals surface area contributed by atoms with Gasteiger partial charge >= 0.3 is 0 Å². The second kappa shape index (κ2) is 7.51. The van der Waals surface area contributed by atoms with Crippen LogP contribution in [-0.2, 0) is 16.6 Å². The maximum atomic E-state index is 11.2. The summed E-state index contributed by atoms with van der Waals surface area (Å²) in [7, 11) is -1.00. The van der Waals surface area contributed by atoms with Gasteiger partial charge in [0.1, 0.15) is 0 Å². The predicted molar refractivity (Wildman–Crippen MR) is 74.9 cm³/mol. The Labute approximate surface area is 110 Å². The molecule has 0 atom stereocenters. The number of sulfonamides is 1. The zero-order valence-electron chi connectivity index (χ0n) is 11.1. The van der Waals surface area contributed by atoms with Gasteiger partial charge in [0, 0.05) is 13.1 Å². The fourth-order valence-electron chi connectivity index (χ4n) is 1.65. The van der Waals surface area contributed by atoms with Crippen molar-refractivity contribution in [2.24, 2.45) is 0 Å². The molecule has 0 radical (unpaired) electrons. The van der Waals surface area contributed by atoms with E-state index < -0.39 is 10.0 Å². The van der Waals surface area contributed by atoms with E-state index in [0.29, 0.717) is 6.54 Å². The Morgan fingerprint density at radius 3 is 2.50 bits per heavy atom. The number of hydrogen-bond acceptors (Lipinski definition) is 3. The van der Waals surface area contributed by atoms with Crippen molar-refractivity contribution in [3.05, 3.63) is 35.9 Å². The van der Waals surface area contributed by atoms with Crippen LogP contribution in [0.4, 0.5) is 0 Å². The van der Waals surface area contributed by atoms with E-state index in [0.717, 1.165) is 19.5 Å². The first-order chi connectivity index (χ1) is 8.53. The van der Waals surface area contributed by atoms with Gasteiger partial charge in [-0.2, -0.15) is 0 Å².